The van der Waals surface area contributed by atoms with Crippen LogP contribution in [-0.2, 0) is 19.7 Å². The smallest absolute Gasteiger partial charge is 0.421 e. The molecule has 1 unspecified atom stereocenters. The number of ether oxygens (including phenoxy) is 2. The van der Waals surface area contributed by atoms with Crippen molar-refractivity contribution in [1.82, 2.24) is 19.6 Å². The Morgan fingerprint density at radius 1 is 1.24 bits per heavy atom. The van der Waals surface area contributed by atoms with E-state index in [1.54, 1.807) is 52.9 Å². The van der Waals surface area contributed by atoms with Crippen molar-refractivity contribution >= 4 is 35.0 Å². The van der Waals surface area contributed by atoms with E-state index in [2.05, 4.69) is 20.4 Å². The molecule has 0 spiro atoms. The summed E-state index contributed by atoms with van der Waals surface area (Å²) >= 11 is 0. The summed E-state index contributed by atoms with van der Waals surface area (Å²) in [5.41, 5.74) is 0.673. The molecule has 11 heteroatoms. The number of aliphatic hydroxyl groups excluding tert-OH is 1. The molecule has 0 radical (unpaired) electrons. The van der Waals surface area contributed by atoms with Crippen LogP contribution in [0.2, 0.25) is 0 Å². The molecule has 1 saturated heterocycles. The molecule has 2 N–H and O–H groups in total. The Labute approximate surface area is 214 Å². The van der Waals surface area contributed by atoms with Gasteiger partial charge in [-0.25, -0.2) is 14.7 Å². The van der Waals surface area contributed by atoms with E-state index in [1.165, 1.54) is 4.52 Å². The number of hydrogen-bond donors (Lipinski definition) is 2. The zero-order valence-electron chi connectivity index (χ0n) is 21.7. The highest BCUT2D eigenvalue weighted by atomic mass is 16.6. The number of aromatic nitrogens is 4. The number of amides is 2. The van der Waals surface area contributed by atoms with Crippen LogP contribution in [0.15, 0.2) is 30.5 Å². The Morgan fingerprint density at radius 2 is 1.97 bits per heavy atom. The van der Waals surface area contributed by atoms with E-state index < -0.39 is 23.2 Å². The first-order valence-corrected chi connectivity index (χ1v) is 12.4. The summed E-state index contributed by atoms with van der Waals surface area (Å²) in [5.74, 6) is 0.393. The van der Waals surface area contributed by atoms with E-state index in [1.807, 2.05) is 12.1 Å². The molecule has 1 fully saturated rings. The molecule has 1 atom stereocenters. The van der Waals surface area contributed by atoms with Crippen molar-refractivity contribution in [2.45, 2.75) is 64.6 Å². The first kappa shape index (κ1) is 25.1. The summed E-state index contributed by atoms with van der Waals surface area (Å²) in [4.78, 5) is 36.1. The van der Waals surface area contributed by atoms with Crippen molar-refractivity contribution in [3.05, 3.63) is 41.9 Å². The van der Waals surface area contributed by atoms with Crippen LogP contribution in [0.3, 0.4) is 0 Å². The number of benzene rings is 1. The fourth-order valence-corrected chi connectivity index (χ4v) is 4.78. The monoisotopic (exact) mass is 508 g/mol. The number of fused-ring (bicyclic) bond motifs is 2. The molecule has 4 heterocycles. The van der Waals surface area contributed by atoms with Crippen molar-refractivity contribution < 1.29 is 24.2 Å². The van der Waals surface area contributed by atoms with Crippen molar-refractivity contribution in [2.24, 2.45) is 5.92 Å². The minimum atomic E-state index is -0.882. The van der Waals surface area contributed by atoms with Crippen LogP contribution in [0.1, 0.15) is 65.0 Å². The zero-order chi connectivity index (χ0) is 26.5. The van der Waals surface area contributed by atoms with E-state index in [4.69, 9.17) is 9.47 Å². The summed E-state index contributed by atoms with van der Waals surface area (Å²) in [7, 11) is 0. The Bertz CT molecular complexity index is 1360. The molecular formula is C26H32N6O5. The molecule has 1 aromatic carbocycles. The van der Waals surface area contributed by atoms with Gasteiger partial charge >= 0.3 is 6.09 Å². The van der Waals surface area contributed by atoms with Gasteiger partial charge in [0.25, 0.3) is 0 Å². The minimum absolute atomic E-state index is 0.0314. The van der Waals surface area contributed by atoms with Crippen LogP contribution >= 0.6 is 0 Å². The average Bonchev–Trinajstić information content (AvgIpc) is 3.33. The van der Waals surface area contributed by atoms with Gasteiger partial charge in [0.2, 0.25) is 11.9 Å². The van der Waals surface area contributed by atoms with Gasteiger partial charge in [-0.1, -0.05) is 6.07 Å². The number of rotatable bonds is 4. The molecule has 196 valence electrons. The number of carbonyl (C=O) groups excluding carboxylic acids is 2. The molecule has 2 aliphatic heterocycles. The SMILES string of the molecule is CC(C)(C)OC(=O)N1C(=O)C(C)(C)c2ccc(Nc3nc4ccnc(C(O)C5CCOCC5)n4n3)cc21. The lowest BCUT2D eigenvalue weighted by atomic mass is 9.86. The molecule has 11 nitrogen and oxygen atoms in total. The second kappa shape index (κ2) is 9.07. The molecule has 0 bridgehead atoms. The average molecular weight is 509 g/mol. The van der Waals surface area contributed by atoms with Gasteiger partial charge < -0.3 is 19.9 Å². The Balaban J connectivity index is 1.45. The highest BCUT2D eigenvalue weighted by Gasteiger charge is 2.48. The molecule has 2 aliphatic rings. The molecule has 37 heavy (non-hydrogen) atoms. The molecule has 2 amide bonds. The number of nitrogens with zero attached hydrogens (tertiary/aromatic N) is 5. The normalized spacial score (nSPS) is 18.6. The largest absolute Gasteiger partial charge is 0.443 e. The van der Waals surface area contributed by atoms with E-state index in [0.717, 1.165) is 23.3 Å². The number of imide groups is 1. The van der Waals surface area contributed by atoms with Crippen molar-refractivity contribution in [1.29, 1.82) is 0 Å². The van der Waals surface area contributed by atoms with Gasteiger partial charge in [0.05, 0.1) is 11.1 Å². The number of anilines is 3. The molecule has 0 saturated carbocycles. The van der Waals surface area contributed by atoms with Crippen LogP contribution in [0.4, 0.5) is 22.1 Å². The van der Waals surface area contributed by atoms with Crippen molar-refractivity contribution in [2.75, 3.05) is 23.4 Å². The Morgan fingerprint density at radius 3 is 2.68 bits per heavy atom. The number of hydrogen-bond acceptors (Lipinski definition) is 9. The van der Waals surface area contributed by atoms with E-state index in [-0.39, 0.29) is 11.8 Å². The second-order valence-electron chi connectivity index (χ2n) is 11.0. The third kappa shape index (κ3) is 4.64. The van der Waals surface area contributed by atoms with Crippen molar-refractivity contribution in [3.63, 3.8) is 0 Å². The highest BCUT2D eigenvalue weighted by Crippen LogP contribution is 2.43. The number of aliphatic hydroxyl groups is 1. The van der Waals surface area contributed by atoms with Crippen LogP contribution in [0.25, 0.3) is 5.65 Å². The highest BCUT2D eigenvalue weighted by molar-refractivity contribution is 6.21. The maximum Gasteiger partial charge on any atom is 0.421 e. The zero-order valence-corrected chi connectivity index (χ0v) is 21.7. The van der Waals surface area contributed by atoms with Crippen LogP contribution in [0, 0.1) is 5.92 Å². The van der Waals surface area contributed by atoms with Gasteiger partial charge in [0.15, 0.2) is 11.5 Å². The number of carbonyl (C=O) groups is 2. The van der Waals surface area contributed by atoms with E-state index >= 15 is 0 Å². The quantitative estimate of drug-likeness (QED) is 0.539. The summed E-state index contributed by atoms with van der Waals surface area (Å²) in [6.45, 7) is 10.1. The third-order valence-electron chi connectivity index (χ3n) is 6.74. The van der Waals surface area contributed by atoms with Crippen LogP contribution < -0.4 is 10.2 Å². The predicted octanol–water partition coefficient (Wildman–Crippen LogP) is 3.89. The molecular weight excluding hydrogens is 476 g/mol. The first-order valence-electron chi connectivity index (χ1n) is 12.4. The van der Waals surface area contributed by atoms with Gasteiger partial charge in [-0.3, -0.25) is 4.79 Å². The van der Waals surface area contributed by atoms with Crippen LogP contribution in [0.5, 0.6) is 0 Å². The molecule has 2 aromatic heterocycles. The van der Waals surface area contributed by atoms with E-state index in [9.17, 15) is 14.7 Å². The van der Waals surface area contributed by atoms with Gasteiger partial charge in [-0.15, -0.1) is 5.10 Å². The predicted molar refractivity (Wildman–Crippen MR) is 136 cm³/mol. The van der Waals surface area contributed by atoms with Crippen molar-refractivity contribution in [3.8, 4) is 0 Å². The molecule has 5 rings (SSSR count). The lowest BCUT2D eigenvalue weighted by molar-refractivity contribution is -0.121. The lowest BCUT2D eigenvalue weighted by Gasteiger charge is -2.26. The Kier molecular flexibility index (Phi) is 6.15. The van der Waals surface area contributed by atoms with E-state index in [0.29, 0.717) is 42.0 Å². The fourth-order valence-electron chi connectivity index (χ4n) is 4.78. The van der Waals surface area contributed by atoms with Crippen LogP contribution in [-0.4, -0.2) is 55.5 Å². The minimum Gasteiger partial charge on any atom is -0.443 e. The Hall–Kier alpha value is -3.57. The second-order valence-corrected chi connectivity index (χ2v) is 11.0. The van der Waals surface area contributed by atoms with Gasteiger partial charge in [-0.2, -0.15) is 9.50 Å². The standard InChI is InChI=1S/C26H32N6O5/c1-25(2,3)37-24(35)31-18-14-16(6-7-17(18)26(4,5)22(31)34)28-23-29-19-8-11-27-21(32(19)30-23)20(33)15-9-12-36-13-10-15/h6-8,11,14-15,20,33H,9-10,12-13H2,1-5H3,(H,28,30). The third-order valence-corrected chi connectivity index (χ3v) is 6.74. The topological polar surface area (TPSA) is 131 Å². The number of nitrogens with one attached hydrogen (secondary N) is 1. The molecule has 0 aliphatic carbocycles. The lowest BCUT2D eigenvalue weighted by Crippen LogP contribution is -2.43. The molecule has 3 aromatic rings. The summed E-state index contributed by atoms with van der Waals surface area (Å²) in [5, 5.41) is 18.7. The summed E-state index contributed by atoms with van der Waals surface area (Å²) < 4.78 is 12.5. The summed E-state index contributed by atoms with van der Waals surface area (Å²) in [6.07, 6.45) is 1.59. The maximum absolute atomic E-state index is 13.2. The van der Waals surface area contributed by atoms with Gasteiger partial charge in [-0.05, 0) is 71.1 Å². The van der Waals surface area contributed by atoms with Gasteiger partial charge in [0.1, 0.15) is 11.7 Å². The van der Waals surface area contributed by atoms with Gasteiger partial charge in [0, 0.05) is 31.2 Å². The maximum atomic E-state index is 13.2. The first-order chi connectivity index (χ1) is 17.5. The fraction of sp³-hybridized carbons (Fsp3) is 0.500. The summed E-state index contributed by atoms with van der Waals surface area (Å²) in [6, 6.07) is 7.06.